The molecule has 0 aromatic heterocycles. The van der Waals surface area contributed by atoms with Gasteiger partial charge in [-0.25, -0.2) is 8.42 Å². The molecule has 2 aromatic carbocycles. The van der Waals surface area contributed by atoms with Gasteiger partial charge in [0.05, 0.1) is 26.1 Å². The normalized spacial score (nSPS) is 13.0. The number of hydroxylamine groups is 1. The second kappa shape index (κ2) is 9.09. The van der Waals surface area contributed by atoms with E-state index in [0.29, 0.717) is 5.56 Å². The fraction of sp³-hybridized carbons (Fsp3) is 0.316. The molecular formula is C19H26N3O4S+. The molecule has 0 fully saturated rings. The Morgan fingerprint density at radius 1 is 1.11 bits per heavy atom. The van der Waals surface area contributed by atoms with Gasteiger partial charge >= 0.3 is 0 Å². The molecule has 0 aliphatic heterocycles. The molecule has 8 heteroatoms. The summed E-state index contributed by atoms with van der Waals surface area (Å²) in [5.74, 6) is -0.255. The summed E-state index contributed by atoms with van der Waals surface area (Å²) in [6, 6.07) is 15.4. The molecule has 0 spiro atoms. The summed E-state index contributed by atoms with van der Waals surface area (Å²) in [6.07, 6.45) is 0. The first-order valence-electron chi connectivity index (χ1n) is 8.53. The van der Waals surface area contributed by atoms with Gasteiger partial charge in [0.25, 0.3) is 15.9 Å². The van der Waals surface area contributed by atoms with Gasteiger partial charge in [0.15, 0.2) is 0 Å². The lowest BCUT2D eigenvalue weighted by atomic mass is 10.1. The Hall–Kier alpha value is -2.26. The van der Waals surface area contributed by atoms with Crippen molar-refractivity contribution in [1.82, 2.24) is 9.79 Å². The van der Waals surface area contributed by atoms with Gasteiger partial charge < -0.3 is 10.2 Å². The van der Waals surface area contributed by atoms with Crippen molar-refractivity contribution >= 4 is 15.9 Å². The SMILES string of the molecule is CON(C)S(=O)(=O)c1ccc(C(=O)N[C@H](C[NH+](C)C)c2ccccc2)cc1. The summed E-state index contributed by atoms with van der Waals surface area (Å²) < 4.78 is 25.2. The third-order valence-electron chi connectivity index (χ3n) is 4.13. The van der Waals surface area contributed by atoms with Gasteiger partial charge in [-0.1, -0.05) is 34.8 Å². The largest absolute Gasteiger partial charge is 0.340 e. The minimum Gasteiger partial charge on any atom is -0.340 e. The van der Waals surface area contributed by atoms with Crippen LogP contribution in [-0.4, -0.2) is 53.6 Å². The summed E-state index contributed by atoms with van der Waals surface area (Å²) in [7, 11) is 2.89. The Balaban J connectivity index is 2.19. The third kappa shape index (κ3) is 5.36. The standard InChI is InChI=1S/C19H25N3O4S/c1-21(2)14-18(15-8-6-5-7-9-15)20-19(23)16-10-12-17(13-11-16)27(24,25)22(3)26-4/h5-13,18H,14H2,1-4H3,(H,20,23)/p+1/t18-/m1/s1. The van der Waals surface area contributed by atoms with Crippen molar-refractivity contribution in [3.05, 3.63) is 65.7 Å². The number of nitrogens with one attached hydrogen (secondary N) is 2. The summed E-state index contributed by atoms with van der Waals surface area (Å²) in [5, 5.41) is 3.03. The number of carbonyl (C=O) groups is 1. The highest BCUT2D eigenvalue weighted by atomic mass is 32.2. The van der Waals surface area contributed by atoms with Crippen LogP contribution in [0.25, 0.3) is 0 Å². The van der Waals surface area contributed by atoms with Crippen LogP contribution in [0.3, 0.4) is 0 Å². The van der Waals surface area contributed by atoms with E-state index in [1.54, 1.807) is 0 Å². The highest BCUT2D eigenvalue weighted by Gasteiger charge is 2.22. The Labute approximate surface area is 160 Å². The fourth-order valence-corrected chi connectivity index (χ4v) is 3.59. The predicted molar refractivity (Wildman–Crippen MR) is 103 cm³/mol. The first-order valence-corrected chi connectivity index (χ1v) is 9.97. The number of hydrogen-bond donors (Lipinski definition) is 2. The Morgan fingerprint density at radius 3 is 2.22 bits per heavy atom. The maximum atomic E-state index is 12.7. The topological polar surface area (TPSA) is 80.1 Å². The first-order chi connectivity index (χ1) is 12.8. The number of quaternary nitrogens is 1. The van der Waals surface area contributed by atoms with Crippen LogP contribution in [0.5, 0.6) is 0 Å². The second-order valence-corrected chi connectivity index (χ2v) is 8.41. The van der Waals surface area contributed by atoms with Crippen LogP contribution >= 0.6 is 0 Å². The Bertz CT molecular complexity index is 852. The van der Waals surface area contributed by atoms with Crippen molar-refractivity contribution in [3.8, 4) is 0 Å². The number of likely N-dealkylation sites (N-methyl/N-ethyl adjacent to an activating group) is 1. The molecule has 27 heavy (non-hydrogen) atoms. The lowest BCUT2D eigenvalue weighted by Crippen LogP contribution is -3.06. The van der Waals surface area contributed by atoms with Crippen LogP contribution in [0.2, 0.25) is 0 Å². The van der Waals surface area contributed by atoms with E-state index < -0.39 is 10.0 Å². The maximum absolute atomic E-state index is 12.7. The van der Waals surface area contributed by atoms with Crippen LogP contribution in [-0.2, 0) is 14.9 Å². The smallest absolute Gasteiger partial charge is 0.264 e. The quantitative estimate of drug-likeness (QED) is 0.641. The van der Waals surface area contributed by atoms with Crippen LogP contribution in [0.4, 0.5) is 0 Å². The molecule has 0 aliphatic carbocycles. The van der Waals surface area contributed by atoms with Crippen molar-refractivity contribution in [3.63, 3.8) is 0 Å². The van der Waals surface area contributed by atoms with E-state index in [0.717, 1.165) is 16.6 Å². The number of carbonyl (C=O) groups excluding carboxylic acids is 1. The van der Waals surface area contributed by atoms with Gasteiger partial charge in [0.1, 0.15) is 12.6 Å². The average molecular weight is 393 g/mol. The van der Waals surface area contributed by atoms with Crippen molar-refractivity contribution in [2.75, 3.05) is 34.8 Å². The number of nitrogens with zero attached hydrogens (tertiary/aromatic N) is 1. The van der Waals surface area contributed by atoms with Crippen LogP contribution in [0, 0.1) is 0 Å². The summed E-state index contributed by atoms with van der Waals surface area (Å²) >= 11 is 0. The highest BCUT2D eigenvalue weighted by molar-refractivity contribution is 7.89. The number of amides is 1. The number of rotatable bonds is 8. The zero-order valence-corrected chi connectivity index (χ0v) is 16.8. The lowest BCUT2D eigenvalue weighted by molar-refractivity contribution is -0.860. The van der Waals surface area contributed by atoms with Crippen LogP contribution in [0.15, 0.2) is 59.5 Å². The molecule has 0 saturated carbocycles. The second-order valence-electron chi connectivity index (χ2n) is 6.47. The Morgan fingerprint density at radius 2 is 1.70 bits per heavy atom. The summed E-state index contributed by atoms with van der Waals surface area (Å²) in [5.41, 5.74) is 1.41. The van der Waals surface area contributed by atoms with Gasteiger partial charge in [-0.05, 0) is 29.8 Å². The van der Waals surface area contributed by atoms with Gasteiger partial charge in [-0.3, -0.25) is 9.63 Å². The van der Waals surface area contributed by atoms with E-state index >= 15 is 0 Å². The molecule has 0 radical (unpaired) electrons. The lowest BCUT2D eigenvalue weighted by Gasteiger charge is -2.21. The van der Waals surface area contributed by atoms with Gasteiger partial charge in [0, 0.05) is 12.6 Å². The van der Waals surface area contributed by atoms with E-state index in [1.807, 2.05) is 44.4 Å². The summed E-state index contributed by atoms with van der Waals surface area (Å²) in [6.45, 7) is 0.723. The van der Waals surface area contributed by atoms with Crippen molar-refractivity contribution in [2.24, 2.45) is 0 Å². The van der Waals surface area contributed by atoms with Gasteiger partial charge in [-0.2, -0.15) is 0 Å². The fourth-order valence-electron chi connectivity index (χ4n) is 2.61. The van der Waals surface area contributed by atoms with E-state index in [9.17, 15) is 13.2 Å². The highest BCUT2D eigenvalue weighted by Crippen LogP contribution is 2.16. The zero-order valence-electron chi connectivity index (χ0n) is 16.0. The van der Waals surface area contributed by atoms with Crippen LogP contribution < -0.4 is 10.2 Å². The first kappa shape index (κ1) is 21.0. The minimum atomic E-state index is -3.74. The van der Waals surface area contributed by atoms with Crippen molar-refractivity contribution in [1.29, 1.82) is 0 Å². The zero-order chi connectivity index (χ0) is 20.0. The third-order valence-corrected chi connectivity index (χ3v) is 5.82. The monoisotopic (exact) mass is 392 g/mol. The molecule has 1 amide bonds. The molecule has 0 saturated heterocycles. The molecule has 0 bridgehead atoms. The Kier molecular flexibility index (Phi) is 7.09. The molecular weight excluding hydrogens is 366 g/mol. The minimum absolute atomic E-state index is 0.0562. The molecule has 0 aliphatic rings. The summed E-state index contributed by atoms with van der Waals surface area (Å²) in [4.78, 5) is 18.7. The number of benzene rings is 2. The predicted octanol–water partition coefficient (Wildman–Crippen LogP) is 0.484. The van der Waals surface area contributed by atoms with E-state index in [4.69, 9.17) is 4.84 Å². The van der Waals surface area contributed by atoms with Gasteiger partial charge in [0.2, 0.25) is 0 Å². The molecule has 1 atom stereocenters. The maximum Gasteiger partial charge on any atom is 0.264 e. The van der Waals surface area contributed by atoms with E-state index in [2.05, 4.69) is 5.32 Å². The molecule has 146 valence electrons. The number of sulfonamides is 1. The molecule has 2 rings (SSSR count). The molecule has 0 heterocycles. The van der Waals surface area contributed by atoms with E-state index in [-0.39, 0.29) is 16.8 Å². The van der Waals surface area contributed by atoms with Crippen molar-refractivity contribution < 1.29 is 22.9 Å². The molecule has 2 N–H and O–H groups in total. The average Bonchev–Trinajstić information content (AvgIpc) is 2.67. The van der Waals surface area contributed by atoms with Crippen LogP contribution in [0.1, 0.15) is 22.0 Å². The van der Waals surface area contributed by atoms with Crippen molar-refractivity contribution in [2.45, 2.75) is 10.9 Å². The molecule has 7 nitrogen and oxygen atoms in total. The van der Waals surface area contributed by atoms with Gasteiger partial charge in [-0.15, -0.1) is 0 Å². The molecule has 2 aromatic rings. The van der Waals surface area contributed by atoms with E-state index in [1.165, 1.54) is 43.3 Å². The molecule has 0 unspecified atom stereocenters. The number of hydrogen-bond acceptors (Lipinski definition) is 4.